The summed E-state index contributed by atoms with van der Waals surface area (Å²) in [5, 5.41) is 13.6. The second-order valence-electron chi connectivity index (χ2n) is 5.24. The van der Waals surface area contributed by atoms with Crippen molar-refractivity contribution in [3.63, 3.8) is 0 Å². The molecule has 1 saturated heterocycles. The van der Waals surface area contributed by atoms with Gasteiger partial charge in [0.25, 0.3) is 0 Å². The van der Waals surface area contributed by atoms with Gasteiger partial charge in [0.05, 0.1) is 11.6 Å². The number of ether oxygens (including phenoxy) is 1. The summed E-state index contributed by atoms with van der Waals surface area (Å²) in [6.45, 7) is 1.31. The van der Waals surface area contributed by atoms with E-state index in [9.17, 15) is 9.90 Å². The summed E-state index contributed by atoms with van der Waals surface area (Å²) in [4.78, 5) is 15.9. The third-order valence-electron chi connectivity index (χ3n) is 3.80. The Bertz CT molecular complexity index is 633. The van der Waals surface area contributed by atoms with Gasteiger partial charge >= 0.3 is 5.97 Å². The molecule has 5 nitrogen and oxygen atoms in total. The van der Waals surface area contributed by atoms with Gasteiger partial charge in [-0.1, -0.05) is 24.3 Å². The number of rotatable bonds is 5. The van der Waals surface area contributed by atoms with Crippen molar-refractivity contribution in [1.29, 1.82) is 0 Å². The van der Waals surface area contributed by atoms with E-state index < -0.39 is 12.0 Å². The molecule has 0 amide bonds. The van der Waals surface area contributed by atoms with Gasteiger partial charge < -0.3 is 9.84 Å². The standard InChI is InChI=1S/C16H18N2O3/c19-16(20)15(18-10-12-6-3-9-21-12)13-7-1-4-11-5-2-8-17-14(11)13/h1-2,4-5,7-8,12,15,18H,3,6,9-10H2,(H,19,20). The number of hydrogen-bond donors (Lipinski definition) is 2. The van der Waals surface area contributed by atoms with Gasteiger partial charge in [0.15, 0.2) is 0 Å². The lowest BCUT2D eigenvalue weighted by Gasteiger charge is -2.18. The highest BCUT2D eigenvalue weighted by molar-refractivity contribution is 5.87. The predicted molar refractivity (Wildman–Crippen MR) is 79.1 cm³/mol. The lowest BCUT2D eigenvalue weighted by Crippen LogP contribution is -2.34. The summed E-state index contributed by atoms with van der Waals surface area (Å²) < 4.78 is 5.54. The quantitative estimate of drug-likeness (QED) is 0.881. The van der Waals surface area contributed by atoms with Crippen LogP contribution in [0.15, 0.2) is 36.5 Å². The summed E-state index contributed by atoms with van der Waals surface area (Å²) in [5.41, 5.74) is 1.42. The third kappa shape index (κ3) is 3.04. The van der Waals surface area contributed by atoms with Gasteiger partial charge in [-0.15, -0.1) is 0 Å². The molecule has 3 rings (SSSR count). The van der Waals surface area contributed by atoms with E-state index >= 15 is 0 Å². The number of nitrogens with zero attached hydrogens (tertiary/aromatic N) is 1. The van der Waals surface area contributed by atoms with E-state index in [1.165, 1.54) is 0 Å². The maximum atomic E-state index is 11.6. The molecule has 110 valence electrons. The highest BCUT2D eigenvalue weighted by Gasteiger charge is 2.24. The molecule has 0 saturated carbocycles. The van der Waals surface area contributed by atoms with Gasteiger partial charge in [-0.2, -0.15) is 0 Å². The van der Waals surface area contributed by atoms with Crippen molar-refractivity contribution in [3.8, 4) is 0 Å². The molecule has 0 spiro atoms. The third-order valence-corrected chi connectivity index (χ3v) is 3.80. The van der Waals surface area contributed by atoms with Gasteiger partial charge in [0.1, 0.15) is 6.04 Å². The van der Waals surface area contributed by atoms with E-state index in [4.69, 9.17) is 4.74 Å². The maximum Gasteiger partial charge on any atom is 0.325 e. The van der Waals surface area contributed by atoms with E-state index in [1.54, 1.807) is 6.20 Å². The molecule has 1 aliphatic rings. The lowest BCUT2D eigenvalue weighted by molar-refractivity contribution is -0.139. The minimum absolute atomic E-state index is 0.106. The fraction of sp³-hybridized carbons (Fsp3) is 0.375. The molecule has 2 heterocycles. The average Bonchev–Trinajstić information content (AvgIpc) is 3.01. The van der Waals surface area contributed by atoms with E-state index in [0.717, 1.165) is 30.4 Å². The first-order chi connectivity index (χ1) is 10.3. The Balaban J connectivity index is 1.86. The molecule has 2 N–H and O–H groups in total. The molecular formula is C16H18N2O3. The summed E-state index contributed by atoms with van der Waals surface area (Å²) in [5.74, 6) is -0.897. The van der Waals surface area contributed by atoms with E-state index in [-0.39, 0.29) is 6.10 Å². The number of aromatic nitrogens is 1. The van der Waals surface area contributed by atoms with Crippen LogP contribution in [0.2, 0.25) is 0 Å². The predicted octanol–water partition coefficient (Wildman–Crippen LogP) is 2.13. The zero-order valence-electron chi connectivity index (χ0n) is 11.7. The first-order valence-corrected chi connectivity index (χ1v) is 7.17. The lowest BCUT2D eigenvalue weighted by atomic mass is 10.0. The van der Waals surface area contributed by atoms with Gasteiger partial charge in [-0.25, -0.2) is 0 Å². The number of para-hydroxylation sites is 1. The van der Waals surface area contributed by atoms with Crippen molar-refractivity contribution in [2.24, 2.45) is 0 Å². The SMILES string of the molecule is O=C(O)C(NCC1CCCO1)c1cccc2cccnc12. The van der Waals surface area contributed by atoms with Gasteiger partial charge in [-0.05, 0) is 18.9 Å². The minimum atomic E-state index is -0.897. The summed E-state index contributed by atoms with van der Waals surface area (Å²) in [6.07, 6.45) is 3.81. The number of carbonyl (C=O) groups is 1. The molecule has 0 aliphatic carbocycles. The Kier molecular flexibility index (Phi) is 4.13. The van der Waals surface area contributed by atoms with Crippen LogP contribution in [0.25, 0.3) is 10.9 Å². The van der Waals surface area contributed by atoms with Gasteiger partial charge in [0, 0.05) is 30.3 Å². The zero-order chi connectivity index (χ0) is 14.7. The highest BCUT2D eigenvalue weighted by atomic mass is 16.5. The fourth-order valence-electron chi connectivity index (χ4n) is 2.75. The van der Waals surface area contributed by atoms with Gasteiger partial charge in [0.2, 0.25) is 0 Å². The zero-order valence-corrected chi connectivity index (χ0v) is 11.7. The smallest absolute Gasteiger partial charge is 0.325 e. The Morgan fingerprint density at radius 1 is 1.43 bits per heavy atom. The Labute approximate surface area is 123 Å². The molecular weight excluding hydrogens is 268 g/mol. The number of fused-ring (bicyclic) bond motifs is 1. The first kappa shape index (κ1) is 14.0. The van der Waals surface area contributed by atoms with Crippen LogP contribution in [0.4, 0.5) is 0 Å². The van der Waals surface area contributed by atoms with E-state index in [2.05, 4.69) is 10.3 Å². The van der Waals surface area contributed by atoms with Crippen molar-refractivity contribution in [1.82, 2.24) is 10.3 Å². The maximum absolute atomic E-state index is 11.6. The van der Waals surface area contributed by atoms with Crippen LogP contribution in [-0.4, -0.2) is 35.3 Å². The Morgan fingerprint density at radius 2 is 2.29 bits per heavy atom. The molecule has 1 fully saturated rings. The summed E-state index contributed by atoms with van der Waals surface area (Å²) in [7, 11) is 0. The van der Waals surface area contributed by atoms with Crippen molar-refractivity contribution >= 4 is 16.9 Å². The van der Waals surface area contributed by atoms with Gasteiger partial charge in [-0.3, -0.25) is 15.1 Å². The van der Waals surface area contributed by atoms with Crippen LogP contribution in [0, 0.1) is 0 Å². The number of hydrogen-bond acceptors (Lipinski definition) is 4. The Hall–Kier alpha value is -1.98. The number of nitrogens with one attached hydrogen (secondary N) is 1. The summed E-state index contributed by atoms with van der Waals surface area (Å²) >= 11 is 0. The molecule has 1 aliphatic heterocycles. The second-order valence-corrected chi connectivity index (χ2v) is 5.24. The number of carboxylic acids is 1. The highest BCUT2D eigenvalue weighted by Crippen LogP contribution is 2.23. The van der Waals surface area contributed by atoms with Crippen LogP contribution in [0.5, 0.6) is 0 Å². The number of benzene rings is 1. The first-order valence-electron chi connectivity index (χ1n) is 7.17. The fourth-order valence-corrected chi connectivity index (χ4v) is 2.75. The largest absolute Gasteiger partial charge is 0.480 e. The van der Waals surface area contributed by atoms with Crippen LogP contribution < -0.4 is 5.32 Å². The molecule has 1 aromatic heterocycles. The van der Waals surface area contributed by atoms with E-state index in [1.807, 2.05) is 30.3 Å². The topological polar surface area (TPSA) is 71.5 Å². The monoisotopic (exact) mass is 286 g/mol. The Morgan fingerprint density at radius 3 is 3.05 bits per heavy atom. The molecule has 0 bridgehead atoms. The van der Waals surface area contributed by atoms with Crippen LogP contribution in [0.3, 0.4) is 0 Å². The minimum Gasteiger partial charge on any atom is -0.480 e. The average molecular weight is 286 g/mol. The van der Waals surface area contributed by atoms with E-state index in [0.29, 0.717) is 12.1 Å². The molecule has 2 unspecified atom stereocenters. The molecule has 5 heteroatoms. The van der Waals surface area contributed by atoms with Crippen LogP contribution in [0.1, 0.15) is 24.4 Å². The number of carboxylic acid groups (broad SMARTS) is 1. The van der Waals surface area contributed by atoms with Crippen molar-refractivity contribution in [2.45, 2.75) is 25.0 Å². The van der Waals surface area contributed by atoms with Crippen molar-refractivity contribution in [3.05, 3.63) is 42.1 Å². The van der Waals surface area contributed by atoms with Crippen molar-refractivity contribution in [2.75, 3.05) is 13.2 Å². The normalized spacial score (nSPS) is 19.7. The molecule has 1 aromatic carbocycles. The number of pyridine rings is 1. The second kappa shape index (κ2) is 6.20. The summed E-state index contributed by atoms with van der Waals surface area (Å²) in [6, 6.07) is 8.63. The van der Waals surface area contributed by atoms with Crippen LogP contribution in [-0.2, 0) is 9.53 Å². The number of aliphatic carboxylic acids is 1. The van der Waals surface area contributed by atoms with Crippen LogP contribution >= 0.6 is 0 Å². The van der Waals surface area contributed by atoms with Crippen molar-refractivity contribution < 1.29 is 14.6 Å². The molecule has 2 aromatic rings. The molecule has 21 heavy (non-hydrogen) atoms. The molecule has 0 radical (unpaired) electrons. The molecule has 2 atom stereocenters.